The zero-order valence-corrected chi connectivity index (χ0v) is 11.6. The monoisotopic (exact) mass is 329 g/mol. The van der Waals surface area contributed by atoms with Crippen LogP contribution < -0.4 is 19.8 Å². The first-order valence-electron chi connectivity index (χ1n) is 5.21. The van der Waals surface area contributed by atoms with Crippen molar-refractivity contribution < 1.29 is 47.3 Å². The van der Waals surface area contributed by atoms with Crippen LogP contribution in [0, 0.1) is 0 Å². The number of phosphoric ester groups is 1. The molecule has 2 atom stereocenters. The topological polar surface area (TPSA) is 182 Å². The number of hydrogen-bond acceptors (Lipinski definition) is 10. The molecule has 1 amide bonds. The van der Waals surface area contributed by atoms with Gasteiger partial charge in [0.05, 0.1) is 19.8 Å². The first-order valence-corrected chi connectivity index (χ1v) is 8.13. The molecule has 1 heterocycles. The van der Waals surface area contributed by atoms with Gasteiger partial charge in [0.15, 0.2) is 0 Å². The lowest BCUT2D eigenvalue weighted by Gasteiger charge is -2.35. The van der Waals surface area contributed by atoms with Gasteiger partial charge in [-0.3, -0.25) is 13.7 Å². The maximum absolute atomic E-state index is 11.5. The van der Waals surface area contributed by atoms with E-state index in [1.165, 1.54) is 0 Å². The third-order valence-corrected chi connectivity index (χ3v) is 4.44. The molecule has 0 spiro atoms. The van der Waals surface area contributed by atoms with E-state index in [-0.39, 0.29) is 13.0 Å². The van der Waals surface area contributed by atoms with Crippen molar-refractivity contribution >= 4 is 27.5 Å². The number of carboxylic acid groups (broad SMARTS) is 1. The summed E-state index contributed by atoms with van der Waals surface area (Å²) in [5.41, 5.74) is 0. The predicted molar refractivity (Wildman–Crippen MR) is 52.0 cm³/mol. The number of rotatable bonds is 6. The number of likely N-dealkylation sites (tertiary alicyclic amines) is 1. The number of carbonyl (C=O) groups excluding carboxylic acids is 2. The molecule has 1 rings (SSSR count). The number of carbonyl (C=O) groups is 2. The Bertz CT molecular complexity index is 486. The highest BCUT2D eigenvalue weighted by Crippen LogP contribution is 2.50. The number of carboxylic acids is 1. The summed E-state index contributed by atoms with van der Waals surface area (Å²) < 4.78 is 28.0. The maximum Gasteiger partial charge on any atom is 0.272 e. The molecule has 20 heavy (non-hydrogen) atoms. The molecule has 0 saturated carbocycles. The van der Waals surface area contributed by atoms with Crippen molar-refractivity contribution in [1.82, 2.24) is 4.90 Å². The van der Waals surface area contributed by atoms with Crippen LogP contribution in [0.5, 0.6) is 0 Å². The van der Waals surface area contributed by atoms with E-state index in [2.05, 4.69) is 8.83 Å². The summed E-state index contributed by atoms with van der Waals surface area (Å²) in [6.07, 6.45) is 0.530. The number of hydrogen-bond donors (Lipinski definition) is 0. The van der Waals surface area contributed by atoms with Gasteiger partial charge in [-0.25, -0.2) is 0 Å². The third kappa shape index (κ3) is 5.29. The first kappa shape index (κ1) is 17.3. The van der Waals surface area contributed by atoms with Crippen LogP contribution in [0.15, 0.2) is 0 Å². The largest absolute Gasteiger partial charge is 0.790 e. The molecule has 0 N–H and O–H groups in total. The molecule has 11 nitrogen and oxygen atoms in total. The second-order valence-electron chi connectivity index (χ2n) is 3.81. The molecule has 1 saturated heterocycles. The van der Waals surface area contributed by atoms with E-state index in [1.54, 1.807) is 0 Å². The van der Waals surface area contributed by atoms with Crippen molar-refractivity contribution in [3.8, 4) is 0 Å². The van der Waals surface area contributed by atoms with E-state index in [0.717, 1.165) is 4.90 Å². The molecule has 0 bridgehead atoms. The van der Waals surface area contributed by atoms with E-state index in [9.17, 15) is 38.5 Å². The zero-order valence-electron chi connectivity index (χ0n) is 9.83. The number of phosphoric acid groups is 2. The van der Waals surface area contributed by atoms with E-state index < -0.39 is 40.2 Å². The van der Waals surface area contributed by atoms with E-state index >= 15 is 0 Å². The minimum atomic E-state index is -5.83. The van der Waals surface area contributed by atoms with Crippen molar-refractivity contribution in [3.63, 3.8) is 0 Å². The highest BCUT2D eigenvalue weighted by atomic mass is 31.3. The van der Waals surface area contributed by atoms with Gasteiger partial charge in [-0.1, -0.05) is 0 Å². The maximum atomic E-state index is 11.5. The van der Waals surface area contributed by atoms with Crippen molar-refractivity contribution in [1.29, 1.82) is 0 Å². The van der Waals surface area contributed by atoms with Crippen LogP contribution in [0.25, 0.3) is 0 Å². The fraction of sp³-hybridized carbons (Fsp3) is 0.714. The lowest BCUT2D eigenvalue weighted by Crippen LogP contribution is -2.48. The van der Waals surface area contributed by atoms with Crippen LogP contribution >= 0.6 is 15.6 Å². The number of nitrogens with zero attached hydrogens (tertiary/aromatic N) is 1. The minimum Gasteiger partial charge on any atom is -0.790 e. The van der Waals surface area contributed by atoms with Crippen LogP contribution in [-0.2, 0) is 27.6 Å². The Morgan fingerprint density at radius 3 is 2.35 bits per heavy atom. The van der Waals surface area contributed by atoms with Gasteiger partial charge in [0.1, 0.15) is 6.61 Å². The Hall–Kier alpha value is -0.800. The van der Waals surface area contributed by atoms with Crippen LogP contribution in [0.2, 0.25) is 0 Å². The third-order valence-electron chi connectivity index (χ3n) is 2.39. The van der Waals surface area contributed by atoms with E-state index in [1.807, 2.05) is 0 Å². The van der Waals surface area contributed by atoms with Gasteiger partial charge < -0.3 is 38.6 Å². The predicted octanol–water partition coefficient (Wildman–Crippen LogP) is -3.94. The van der Waals surface area contributed by atoms with Gasteiger partial charge in [-0.2, -0.15) is 0 Å². The second kappa shape index (κ2) is 6.31. The average Bonchev–Trinajstić information content (AvgIpc) is 2.71. The lowest BCUT2D eigenvalue weighted by molar-refractivity contribution is -0.339. The Morgan fingerprint density at radius 1 is 1.25 bits per heavy atom. The highest BCUT2D eigenvalue weighted by molar-refractivity contribution is 7.58. The van der Waals surface area contributed by atoms with Crippen LogP contribution in [-0.4, -0.2) is 36.0 Å². The molecule has 2 unspecified atom stereocenters. The average molecular weight is 329 g/mol. The molecule has 0 aromatic rings. The molecular formula is C7H9NO10P2-4. The van der Waals surface area contributed by atoms with Crippen molar-refractivity contribution in [2.45, 2.75) is 18.9 Å². The summed E-state index contributed by atoms with van der Waals surface area (Å²) in [4.78, 5) is 54.2. The molecule has 1 aliphatic heterocycles. The summed E-state index contributed by atoms with van der Waals surface area (Å²) in [7, 11) is -11.3. The number of aliphatic carboxylic acids is 1. The van der Waals surface area contributed by atoms with Gasteiger partial charge in [-0.05, 0) is 12.8 Å². The zero-order chi connectivity index (χ0) is 15.6. The van der Waals surface area contributed by atoms with Gasteiger partial charge in [0, 0.05) is 6.54 Å². The fourth-order valence-corrected chi connectivity index (χ4v) is 3.11. The molecule has 13 heteroatoms. The Morgan fingerprint density at radius 2 is 1.85 bits per heavy atom. The summed E-state index contributed by atoms with van der Waals surface area (Å²) in [6, 6.07) is -1.21. The van der Waals surface area contributed by atoms with Gasteiger partial charge in [0.2, 0.25) is 5.91 Å². The van der Waals surface area contributed by atoms with Gasteiger partial charge >= 0.3 is 0 Å². The van der Waals surface area contributed by atoms with Crippen molar-refractivity contribution in [2.75, 3.05) is 13.2 Å². The van der Waals surface area contributed by atoms with Crippen LogP contribution in [0.1, 0.15) is 12.8 Å². The molecule has 116 valence electrons. The molecule has 0 aromatic carbocycles. The Kier molecular flexibility index (Phi) is 5.45. The summed E-state index contributed by atoms with van der Waals surface area (Å²) in [5.74, 6) is -2.51. The normalized spacial score (nSPS) is 22.6. The van der Waals surface area contributed by atoms with Crippen molar-refractivity contribution in [2.24, 2.45) is 0 Å². The summed E-state index contributed by atoms with van der Waals surface area (Å²) >= 11 is 0. The summed E-state index contributed by atoms with van der Waals surface area (Å²) in [6.45, 7) is -1.11. The molecular weight excluding hydrogens is 320 g/mol. The van der Waals surface area contributed by atoms with Crippen molar-refractivity contribution in [3.05, 3.63) is 0 Å². The smallest absolute Gasteiger partial charge is 0.272 e. The van der Waals surface area contributed by atoms with Crippen LogP contribution in [0.4, 0.5) is 0 Å². The molecule has 1 fully saturated rings. The minimum absolute atomic E-state index is 0.0620. The van der Waals surface area contributed by atoms with Crippen LogP contribution in [0.3, 0.4) is 0 Å². The van der Waals surface area contributed by atoms with Gasteiger partial charge in [-0.15, -0.1) is 0 Å². The molecule has 1 aliphatic rings. The molecule has 0 aliphatic carbocycles. The Labute approximate surface area is 113 Å². The SMILES string of the molecule is O=C([O-])C1CCCN1C(=O)COP(=O)([O-])OP(=O)([O-])[O-]. The Balaban J connectivity index is 2.57. The highest BCUT2D eigenvalue weighted by Gasteiger charge is 2.30. The van der Waals surface area contributed by atoms with Gasteiger partial charge in [0.25, 0.3) is 7.82 Å². The van der Waals surface area contributed by atoms with E-state index in [4.69, 9.17) is 0 Å². The van der Waals surface area contributed by atoms with E-state index in [0.29, 0.717) is 6.42 Å². The molecule has 0 aromatic heterocycles. The number of amides is 1. The molecule has 0 radical (unpaired) electrons. The standard InChI is InChI=1S/C7H13NO10P2/c9-6(8-3-1-2-5(8)7(10)11)4-17-20(15,16)18-19(12,13)14/h5H,1-4H2,(H,10,11)(H,15,16)(H2,12,13,14)/p-4. The first-order chi connectivity index (χ1) is 9.02. The lowest BCUT2D eigenvalue weighted by atomic mass is 10.2. The summed E-state index contributed by atoms with van der Waals surface area (Å²) in [5, 5.41) is 10.7. The quantitative estimate of drug-likeness (QED) is 0.436. The fourth-order valence-electron chi connectivity index (χ4n) is 1.67. The second-order valence-corrected chi connectivity index (χ2v) is 6.51.